The van der Waals surface area contributed by atoms with Crippen LogP contribution in [0.25, 0.3) is 10.9 Å². The van der Waals surface area contributed by atoms with Gasteiger partial charge in [-0.2, -0.15) is 0 Å². The van der Waals surface area contributed by atoms with Crippen molar-refractivity contribution in [3.63, 3.8) is 0 Å². The Hall–Kier alpha value is -1.81. The second-order valence-electron chi connectivity index (χ2n) is 5.61. The third-order valence-electron chi connectivity index (χ3n) is 3.91. The van der Waals surface area contributed by atoms with Gasteiger partial charge in [-0.3, -0.25) is 4.79 Å². The van der Waals surface area contributed by atoms with Crippen LogP contribution in [0.15, 0.2) is 29.1 Å². The molecule has 2 heterocycles. The smallest absolute Gasteiger partial charge is 0.201 e. The summed E-state index contributed by atoms with van der Waals surface area (Å²) in [7, 11) is 1.88. The molecule has 0 aliphatic carbocycles. The molecule has 100 valence electrons. The van der Waals surface area contributed by atoms with Crippen LogP contribution >= 0.6 is 0 Å². The molecule has 3 rings (SSSR count). The second kappa shape index (κ2) is 3.84. The average Bonchev–Trinajstić information content (AvgIpc) is 2.38. The van der Waals surface area contributed by atoms with E-state index in [0.29, 0.717) is 23.3 Å². The summed E-state index contributed by atoms with van der Waals surface area (Å²) in [5.74, 6) is 0.569. The first-order valence-electron chi connectivity index (χ1n) is 6.39. The van der Waals surface area contributed by atoms with Crippen LogP contribution in [0.2, 0.25) is 0 Å². The van der Waals surface area contributed by atoms with Gasteiger partial charge in [0.2, 0.25) is 5.88 Å². The van der Waals surface area contributed by atoms with Gasteiger partial charge in [-0.15, -0.1) is 0 Å². The maximum Gasteiger partial charge on any atom is 0.201 e. The summed E-state index contributed by atoms with van der Waals surface area (Å²) in [6, 6.07) is 7.46. The Morgan fingerprint density at radius 1 is 1.37 bits per heavy atom. The van der Waals surface area contributed by atoms with Crippen LogP contribution in [0.3, 0.4) is 0 Å². The number of nitrogens with zero attached hydrogens (tertiary/aromatic N) is 1. The van der Waals surface area contributed by atoms with Crippen LogP contribution in [0, 0.1) is 0 Å². The van der Waals surface area contributed by atoms with Crippen molar-refractivity contribution in [2.45, 2.75) is 32.0 Å². The van der Waals surface area contributed by atoms with E-state index in [2.05, 4.69) is 0 Å². The predicted molar refractivity (Wildman–Crippen MR) is 73.6 cm³/mol. The number of ether oxygens (including phenoxy) is 1. The largest absolute Gasteiger partial charge is 0.470 e. The minimum atomic E-state index is -0.681. The molecule has 0 fully saturated rings. The highest BCUT2D eigenvalue weighted by Crippen LogP contribution is 2.33. The van der Waals surface area contributed by atoms with E-state index in [9.17, 15) is 9.90 Å². The van der Waals surface area contributed by atoms with Crippen molar-refractivity contribution in [3.05, 3.63) is 40.1 Å². The van der Waals surface area contributed by atoms with Crippen LogP contribution in [0.5, 0.6) is 5.88 Å². The zero-order chi connectivity index (χ0) is 13.8. The molecule has 1 atom stereocenters. The molecule has 1 aromatic heterocycles. The van der Waals surface area contributed by atoms with E-state index in [1.165, 1.54) is 0 Å². The Morgan fingerprint density at radius 3 is 2.79 bits per heavy atom. The fraction of sp³-hybridized carbons (Fsp3) is 0.400. The molecule has 19 heavy (non-hydrogen) atoms. The fourth-order valence-electron chi connectivity index (χ4n) is 2.60. The lowest BCUT2D eigenvalue weighted by molar-refractivity contribution is -0.0465. The Balaban J connectivity index is 2.37. The van der Waals surface area contributed by atoms with Gasteiger partial charge >= 0.3 is 0 Å². The average molecular weight is 259 g/mol. The van der Waals surface area contributed by atoms with Crippen LogP contribution in [0.1, 0.15) is 19.4 Å². The van der Waals surface area contributed by atoms with Crippen molar-refractivity contribution in [2.75, 3.05) is 0 Å². The number of aromatic nitrogens is 1. The highest BCUT2D eigenvalue weighted by Gasteiger charge is 2.38. The van der Waals surface area contributed by atoms with Crippen molar-refractivity contribution in [1.82, 2.24) is 4.57 Å². The van der Waals surface area contributed by atoms with E-state index in [1.807, 2.05) is 49.7 Å². The first-order chi connectivity index (χ1) is 8.92. The maximum atomic E-state index is 12.5. The number of fused-ring (bicyclic) bond motifs is 2. The predicted octanol–water partition coefficient (Wildman–Crippen LogP) is 1.61. The number of para-hydroxylation sites is 1. The van der Waals surface area contributed by atoms with Gasteiger partial charge in [0.05, 0.1) is 17.2 Å². The molecule has 0 saturated carbocycles. The summed E-state index contributed by atoms with van der Waals surface area (Å²) < 4.78 is 7.75. The quantitative estimate of drug-likeness (QED) is 0.782. The maximum absolute atomic E-state index is 12.5. The number of hydrogen-bond donors (Lipinski definition) is 1. The standard InChI is InChI=1S/C15H17NO3/c1-15(2)12(17)8-10-13(18)9-6-4-5-7-11(9)16(3)14(10)19-15/h4-7,12,17H,8H2,1-3H3/t12-/m0/s1. The lowest BCUT2D eigenvalue weighted by Crippen LogP contribution is -2.48. The molecular formula is C15H17NO3. The zero-order valence-electron chi connectivity index (χ0n) is 11.3. The molecule has 1 aromatic carbocycles. The van der Waals surface area contributed by atoms with E-state index in [4.69, 9.17) is 4.74 Å². The lowest BCUT2D eigenvalue weighted by atomic mass is 9.91. The molecule has 1 aliphatic heterocycles. The molecular weight excluding hydrogens is 242 g/mol. The minimum Gasteiger partial charge on any atom is -0.470 e. The number of aliphatic hydroxyl groups is 1. The molecule has 0 bridgehead atoms. The van der Waals surface area contributed by atoms with Gasteiger partial charge in [-0.25, -0.2) is 0 Å². The molecule has 0 spiro atoms. The Kier molecular flexibility index (Phi) is 2.47. The van der Waals surface area contributed by atoms with E-state index in [1.54, 1.807) is 0 Å². The highest BCUT2D eigenvalue weighted by molar-refractivity contribution is 5.80. The molecule has 0 saturated heterocycles. The number of aliphatic hydroxyl groups excluding tert-OH is 1. The molecule has 0 unspecified atom stereocenters. The van der Waals surface area contributed by atoms with Crippen molar-refractivity contribution in [1.29, 1.82) is 0 Å². The molecule has 4 nitrogen and oxygen atoms in total. The first kappa shape index (κ1) is 12.2. The summed E-state index contributed by atoms with van der Waals surface area (Å²) in [5, 5.41) is 10.8. The van der Waals surface area contributed by atoms with E-state index in [-0.39, 0.29) is 5.43 Å². The summed E-state index contributed by atoms with van der Waals surface area (Å²) in [5.41, 5.74) is 0.685. The number of pyridine rings is 1. The second-order valence-corrected chi connectivity index (χ2v) is 5.61. The molecule has 2 aromatic rings. The molecule has 1 aliphatic rings. The number of aryl methyl sites for hydroxylation is 1. The molecule has 0 amide bonds. The first-order valence-corrected chi connectivity index (χ1v) is 6.39. The third-order valence-corrected chi connectivity index (χ3v) is 3.91. The van der Waals surface area contributed by atoms with Gasteiger partial charge in [0.15, 0.2) is 5.43 Å². The van der Waals surface area contributed by atoms with E-state index >= 15 is 0 Å². The number of hydrogen-bond acceptors (Lipinski definition) is 3. The highest BCUT2D eigenvalue weighted by atomic mass is 16.5. The minimum absolute atomic E-state index is 0.0433. The van der Waals surface area contributed by atoms with Gasteiger partial charge < -0.3 is 14.4 Å². The van der Waals surface area contributed by atoms with Gasteiger partial charge in [0.1, 0.15) is 5.60 Å². The van der Waals surface area contributed by atoms with Gasteiger partial charge in [0, 0.05) is 18.9 Å². The van der Waals surface area contributed by atoms with Crippen molar-refractivity contribution < 1.29 is 9.84 Å². The summed E-state index contributed by atoms with van der Waals surface area (Å²) >= 11 is 0. The number of rotatable bonds is 0. The topological polar surface area (TPSA) is 51.5 Å². The monoisotopic (exact) mass is 259 g/mol. The fourth-order valence-corrected chi connectivity index (χ4v) is 2.60. The van der Waals surface area contributed by atoms with Crippen LogP contribution in [0.4, 0.5) is 0 Å². The van der Waals surface area contributed by atoms with Crippen molar-refractivity contribution in [3.8, 4) is 5.88 Å². The van der Waals surface area contributed by atoms with Crippen LogP contribution < -0.4 is 10.2 Å². The van der Waals surface area contributed by atoms with E-state index < -0.39 is 11.7 Å². The molecule has 1 N–H and O–H groups in total. The molecule has 0 radical (unpaired) electrons. The lowest BCUT2D eigenvalue weighted by Gasteiger charge is -2.37. The SMILES string of the molecule is Cn1c2c(c(=O)c3ccccc31)C[C@H](O)C(C)(C)O2. The van der Waals surface area contributed by atoms with Crippen molar-refractivity contribution >= 4 is 10.9 Å². The molecule has 4 heteroatoms. The van der Waals surface area contributed by atoms with Gasteiger partial charge in [-0.05, 0) is 26.0 Å². The summed E-state index contributed by atoms with van der Waals surface area (Å²) in [6.45, 7) is 3.67. The van der Waals surface area contributed by atoms with Crippen LogP contribution in [-0.4, -0.2) is 21.4 Å². The summed E-state index contributed by atoms with van der Waals surface area (Å²) in [4.78, 5) is 12.5. The Bertz CT molecular complexity index is 715. The summed E-state index contributed by atoms with van der Waals surface area (Å²) in [6.07, 6.45) is -0.339. The Labute approximate surface area is 111 Å². The van der Waals surface area contributed by atoms with E-state index in [0.717, 1.165) is 5.52 Å². The number of benzene rings is 1. The van der Waals surface area contributed by atoms with Gasteiger partial charge in [0.25, 0.3) is 0 Å². The van der Waals surface area contributed by atoms with Crippen LogP contribution in [-0.2, 0) is 13.5 Å². The Morgan fingerprint density at radius 2 is 2.05 bits per heavy atom. The van der Waals surface area contributed by atoms with Gasteiger partial charge in [-0.1, -0.05) is 12.1 Å². The third kappa shape index (κ3) is 1.67. The zero-order valence-corrected chi connectivity index (χ0v) is 11.3. The normalized spacial score (nSPS) is 20.9. The van der Waals surface area contributed by atoms with Crippen molar-refractivity contribution in [2.24, 2.45) is 7.05 Å².